The second-order valence-electron chi connectivity index (χ2n) is 7.64. The van der Waals surface area contributed by atoms with Crippen molar-refractivity contribution in [1.82, 2.24) is 4.90 Å². The molecule has 1 N–H and O–H groups in total. The Balaban J connectivity index is 1.81. The van der Waals surface area contributed by atoms with Crippen molar-refractivity contribution in [2.45, 2.75) is 24.8 Å². The average Bonchev–Trinajstić information content (AvgIpc) is 3.31. The molecule has 1 fully saturated rings. The molecule has 2 aliphatic rings. The van der Waals surface area contributed by atoms with Crippen LogP contribution < -0.4 is 4.90 Å². The number of benzene rings is 1. The van der Waals surface area contributed by atoms with Gasteiger partial charge in [0.15, 0.2) is 5.54 Å². The molecular weight excluding hydrogens is 412 g/mol. The molecule has 2 aromatic rings. The van der Waals surface area contributed by atoms with Gasteiger partial charge in [-0.05, 0) is 55.3 Å². The third-order valence-corrected chi connectivity index (χ3v) is 7.01. The number of ether oxygens (including phenoxy) is 1. The van der Waals surface area contributed by atoms with Gasteiger partial charge in [-0.25, -0.2) is 4.79 Å². The van der Waals surface area contributed by atoms with E-state index < -0.39 is 11.5 Å². The van der Waals surface area contributed by atoms with Gasteiger partial charge in [0.05, 0.1) is 15.8 Å². The summed E-state index contributed by atoms with van der Waals surface area (Å²) < 4.78 is 5.95. The van der Waals surface area contributed by atoms with Crippen LogP contribution in [-0.2, 0) is 22.4 Å². The number of aliphatic carboxylic acids is 1. The first-order valence-corrected chi connectivity index (χ1v) is 10.8. The Labute approximate surface area is 178 Å². The van der Waals surface area contributed by atoms with E-state index in [2.05, 4.69) is 11.9 Å². The number of hydrogen-bond donors (Lipinski definition) is 1. The van der Waals surface area contributed by atoms with Gasteiger partial charge < -0.3 is 14.7 Å². The zero-order chi connectivity index (χ0) is 20.6. The van der Waals surface area contributed by atoms with Crippen molar-refractivity contribution >= 4 is 40.5 Å². The monoisotopic (exact) mass is 434 g/mol. The number of thiophene rings is 1. The molecule has 2 aliphatic heterocycles. The number of carbonyl (C=O) groups excluding carboxylic acids is 1. The van der Waals surface area contributed by atoms with Gasteiger partial charge in [0.25, 0.3) is 5.91 Å². The van der Waals surface area contributed by atoms with E-state index in [0.29, 0.717) is 21.5 Å². The number of fused-ring (bicyclic) bond motifs is 1. The fraction of sp³-hybridized carbons (Fsp3) is 0.429. The van der Waals surface area contributed by atoms with Crippen molar-refractivity contribution in [3.63, 3.8) is 0 Å². The van der Waals surface area contributed by atoms with Crippen molar-refractivity contribution < 1.29 is 19.4 Å². The molecule has 3 heterocycles. The number of carboxylic acids is 1. The minimum Gasteiger partial charge on any atom is -0.479 e. The predicted molar refractivity (Wildman–Crippen MR) is 113 cm³/mol. The Kier molecular flexibility index (Phi) is 5.66. The van der Waals surface area contributed by atoms with Crippen LogP contribution in [0.25, 0.3) is 0 Å². The predicted octanol–water partition coefficient (Wildman–Crippen LogP) is 3.32. The summed E-state index contributed by atoms with van der Waals surface area (Å²) in [6.07, 6.45) is 2.05. The molecule has 154 valence electrons. The number of carbonyl (C=O) groups is 2. The number of rotatable bonds is 4. The number of nitrogens with zero attached hydrogens (tertiary/aromatic N) is 2. The van der Waals surface area contributed by atoms with Gasteiger partial charge in [-0.3, -0.25) is 9.69 Å². The van der Waals surface area contributed by atoms with Gasteiger partial charge in [0.2, 0.25) is 0 Å². The number of carboxylic acid groups (broad SMARTS) is 1. The molecule has 1 saturated heterocycles. The number of hydrogen-bond acceptors (Lipinski definition) is 5. The van der Waals surface area contributed by atoms with E-state index in [0.717, 1.165) is 42.8 Å². The highest BCUT2D eigenvalue weighted by molar-refractivity contribution is 7.18. The van der Waals surface area contributed by atoms with Crippen LogP contribution in [-0.4, -0.2) is 60.8 Å². The Morgan fingerprint density at radius 2 is 1.97 bits per heavy atom. The smallest absolute Gasteiger partial charge is 0.332 e. The van der Waals surface area contributed by atoms with Crippen molar-refractivity contribution in [1.29, 1.82) is 0 Å². The summed E-state index contributed by atoms with van der Waals surface area (Å²) in [5, 5.41) is 10.1. The van der Waals surface area contributed by atoms with Gasteiger partial charge in [0.1, 0.15) is 0 Å². The first kappa shape index (κ1) is 20.3. The standard InChI is InChI=1S/C21H23ClN2O4S/c1-23-9-6-14-2-3-16(12-15(14)7-10-23)24(19(25)17-4-5-18(22)29-17)21(20(26)27)8-11-28-13-21/h2-5,12H,6-11,13H2,1H3,(H,26,27). The second-order valence-corrected chi connectivity index (χ2v) is 9.36. The fourth-order valence-electron chi connectivity index (χ4n) is 4.06. The van der Waals surface area contributed by atoms with E-state index in [4.69, 9.17) is 16.3 Å². The molecule has 1 unspecified atom stereocenters. The third kappa shape index (κ3) is 3.80. The maximum atomic E-state index is 13.5. The fourth-order valence-corrected chi connectivity index (χ4v) is 5.03. The molecule has 1 aromatic heterocycles. The highest BCUT2D eigenvalue weighted by Crippen LogP contribution is 2.36. The Morgan fingerprint density at radius 3 is 2.59 bits per heavy atom. The number of anilines is 1. The molecule has 29 heavy (non-hydrogen) atoms. The molecule has 6 nitrogen and oxygen atoms in total. The van der Waals surface area contributed by atoms with Crippen LogP contribution in [0.4, 0.5) is 5.69 Å². The van der Waals surface area contributed by atoms with Gasteiger partial charge in [-0.1, -0.05) is 17.7 Å². The zero-order valence-electron chi connectivity index (χ0n) is 16.2. The van der Waals surface area contributed by atoms with Crippen LogP contribution in [0.5, 0.6) is 0 Å². The molecule has 1 aromatic carbocycles. The molecule has 0 aliphatic carbocycles. The van der Waals surface area contributed by atoms with E-state index in [1.165, 1.54) is 10.5 Å². The summed E-state index contributed by atoms with van der Waals surface area (Å²) in [4.78, 5) is 30.0. The minimum absolute atomic E-state index is 0.0347. The summed E-state index contributed by atoms with van der Waals surface area (Å²) in [7, 11) is 2.10. The lowest BCUT2D eigenvalue weighted by atomic mass is 9.93. The quantitative estimate of drug-likeness (QED) is 0.799. The molecule has 0 saturated carbocycles. The summed E-state index contributed by atoms with van der Waals surface area (Å²) >= 11 is 7.20. The summed E-state index contributed by atoms with van der Waals surface area (Å²) in [5.41, 5.74) is 1.57. The molecule has 1 atom stereocenters. The lowest BCUT2D eigenvalue weighted by molar-refractivity contribution is -0.143. The Morgan fingerprint density at radius 1 is 1.21 bits per heavy atom. The van der Waals surface area contributed by atoms with Gasteiger partial charge in [-0.2, -0.15) is 0 Å². The average molecular weight is 435 g/mol. The lowest BCUT2D eigenvalue weighted by Gasteiger charge is -2.36. The Hall–Kier alpha value is -1.93. The normalized spacial score (nSPS) is 22.1. The first-order chi connectivity index (χ1) is 13.9. The third-order valence-electron chi connectivity index (χ3n) is 5.79. The lowest BCUT2D eigenvalue weighted by Crippen LogP contribution is -2.58. The van der Waals surface area contributed by atoms with E-state index in [1.807, 2.05) is 18.2 Å². The molecule has 8 heteroatoms. The molecule has 4 rings (SSSR count). The number of likely N-dealkylation sites (N-methyl/N-ethyl adjacent to an activating group) is 1. The van der Waals surface area contributed by atoms with Crippen LogP contribution in [0.3, 0.4) is 0 Å². The van der Waals surface area contributed by atoms with E-state index in [-0.39, 0.29) is 18.9 Å². The summed E-state index contributed by atoms with van der Waals surface area (Å²) in [6, 6.07) is 9.16. The van der Waals surface area contributed by atoms with Crippen LogP contribution in [0.1, 0.15) is 27.2 Å². The highest BCUT2D eigenvalue weighted by Gasteiger charge is 2.51. The van der Waals surface area contributed by atoms with Gasteiger partial charge in [-0.15, -0.1) is 11.3 Å². The highest BCUT2D eigenvalue weighted by atomic mass is 35.5. The van der Waals surface area contributed by atoms with E-state index in [1.54, 1.807) is 12.1 Å². The van der Waals surface area contributed by atoms with Crippen molar-refractivity contribution in [2.75, 3.05) is 38.3 Å². The van der Waals surface area contributed by atoms with E-state index in [9.17, 15) is 14.7 Å². The molecule has 1 amide bonds. The molecule has 0 bridgehead atoms. The minimum atomic E-state index is -1.43. The Bertz CT molecular complexity index is 939. The molecule has 0 spiro atoms. The largest absolute Gasteiger partial charge is 0.479 e. The first-order valence-electron chi connectivity index (χ1n) is 9.62. The maximum Gasteiger partial charge on any atom is 0.332 e. The van der Waals surface area contributed by atoms with Crippen LogP contribution in [0.2, 0.25) is 4.34 Å². The van der Waals surface area contributed by atoms with Crippen molar-refractivity contribution in [2.24, 2.45) is 0 Å². The number of amides is 1. The maximum absolute atomic E-state index is 13.5. The van der Waals surface area contributed by atoms with Crippen LogP contribution >= 0.6 is 22.9 Å². The molecular formula is C21H23ClN2O4S. The summed E-state index contributed by atoms with van der Waals surface area (Å²) in [6.45, 7) is 2.18. The van der Waals surface area contributed by atoms with E-state index >= 15 is 0 Å². The zero-order valence-corrected chi connectivity index (χ0v) is 17.8. The second kappa shape index (κ2) is 8.07. The van der Waals surface area contributed by atoms with Crippen molar-refractivity contribution in [3.8, 4) is 0 Å². The molecule has 0 radical (unpaired) electrons. The number of halogens is 1. The SMILES string of the molecule is CN1CCc2ccc(N(C(=O)c3ccc(Cl)s3)C3(C(=O)O)CCOC3)cc2CC1. The van der Waals surface area contributed by atoms with Gasteiger partial charge in [0, 0.05) is 31.8 Å². The van der Waals surface area contributed by atoms with Gasteiger partial charge >= 0.3 is 5.97 Å². The summed E-state index contributed by atoms with van der Waals surface area (Å²) in [5.74, 6) is -1.42. The topological polar surface area (TPSA) is 70.1 Å². The van der Waals surface area contributed by atoms with Crippen LogP contribution in [0.15, 0.2) is 30.3 Å². The van der Waals surface area contributed by atoms with Crippen LogP contribution in [0, 0.1) is 0 Å². The van der Waals surface area contributed by atoms with Crippen molar-refractivity contribution in [3.05, 3.63) is 50.7 Å².